The molecule has 0 bridgehead atoms. The Kier molecular flexibility index (Phi) is 4.75. The molecule has 1 aromatic carbocycles. The Morgan fingerprint density at radius 3 is 2.22 bits per heavy atom. The van der Waals surface area contributed by atoms with Crippen LogP contribution in [0.5, 0.6) is 0 Å². The quantitative estimate of drug-likeness (QED) is 0.559. The van der Waals surface area contributed by atoms with Crippen molar-refractivity contribution in [3.63, 3.8) is 0 Å². The largest absolute Gasteiger partial charge is 0.461 e. The summed E-state index contributed by atoms with van der Waals surface area (Å²) in [5, 5.41) is 0. The minimum absolute atomic E-state index is 0.00810. The highest BCUT2D eigenvalue weighted by Gasteiger charge is 2.61. The third kappa shape index (κ3) is 4.04. The molecule has 1 unspecified atom stereocenters. The maximum atomic E-state index is 12.4. The molecule has 1 fully saturated rings. The maximum absolute atomic E-state index is 12.4. The summed E-state index contributed by atoms with van der Waals surface area (Å²) in [6.45, 7) is 15.4. The molecule has 0 radical (unpaired) electrons. The summed E-state index contributed by atoms with van der Waals surface area (Å²) in [5.41, 5.74) is 3.76. The van der Waals surface area contributed by atoms with Gasteiger partial charge in [0.15, 0.2) is 0 Å². The highest BCUT2D eigenvalue weighted by atomic mass is 16.5. The molecule has 1 aliphatic rings. The van der Waals surface area contributed by atoms with Crippen molar-refractivity contribution >= 4 is 5.97 Å². The van der Waals surface area contributed by atoms with Gasteiger partial charge in [0, 0.05) is 0 Å². The van der Waals surface area contributed by atoms with Crippen molar-refractivity contribution in [2.75, 3.05) is 0 Å². The Labute approximate surface area is 140 Å². The number of esters is 1. The third-order valence-corrected chi connectivity index (χ3v) is 4.88. The molecule has 0 aromatic heterocycles. The summed E-state index contributed by atoms with van der Waals surface area (Å²) in [6.07, 6.45) is 2.20. The van der Waals surface area contributed by atoms with Gasteiger partial charge in [-0.1, -0.05) is 70.5 Å². The maximum Gasteiger partial charge on any atom is 0.310 e. The number of benzene rings is 1. The molecule has 2 rings (SSSR count). The van der Waals surface area contributed by atoms with E-state index in [1.807, 2.05) is 0 Å². The van der Waals surface area contributed by atoms with Crippen LogP contribution in [0.25, 0.3) is 0 Å². The first-order valence-corrected chi connectivity index (χ1v) is 8.44. The zero-order valence-electron chi connectivity index (χ0n) is 15.6. The molecule has 126 valence electrons. The van der Waals surface area contributed by atoms with Gasteiger partial charge in [-0.2, -0.15) is 0 Å². The predicted octanol–water partition coefficient (Wildman–Crippen LogP) is 5.27. The topological polar surface area (TPSA) is 26.3 Å². The zero-order valence-corrected chi connectivity index (χ0v) is 15.6. The SMILES string of the molecule is CC(C)=CC1[C@@H](C(=O)OCc2ccc(C(C)(C)C)cc2)C1(C)C. The highest BCUT2D eigenvalue weighted by molar-refractivity contribution is 5.78. The Balaban J connectivity index is 1.94. The number of allylic oxidation sites excluding steroid dienone is 2. The van der Waals surface area contributed by atoms with Gasteiger partial charge < -0.3 is 4.74 Å². The van der Waals surface area contributed by atoms with E-state index < -0.39 is 0 Å². The molecule has 2 atom stereocenters. The van der Waals surface area contributed by atoms with Crippen molar-refractivity contribution < 1.29 is 9.53 Å². The summed E-state index contributed by atoms with van der Waals surface area (Å²) >= 11 is 0. The van der Waals surface area contributed by atoms with Gasteiger partial charge in [0.2, 0.25) is 0 Å². The van der Waals surface area contributed by atoms with Crippen molar-refractivity contribution in [3.8, 4) is 0 Å². The van der Waals surface area contributed by atoms with E-state index in [1.165, 1.54) is 11.1 Å². The van der Waals surface area contributed by atoms with Gasteiger partial charge in [0.1, 0.15) is 6.61 Å². The van der Waals surface area contributed by atoms with Gasteiger partial charge in [0.05, 0.1) is 5.92 Å². The molecule has 2 heteroatoms. The monoisotopic (exact) mass is 314 g/mol. The van der Waals surface area contributed by atoms with Crippen LogP contribution in [0.4, 0.5) is 0 Å². The van der Waals surface area contributed by atoms with Crippen molar-refractivity contribution in [1.29, 1.82) is 0 Å². The van der Waals surface area contributed by atoms with Gasteiger partial charge in [-0.3, -0.25) is 4.79 Å². The van der Waals surface area contributed by atoms with Crippen molar-refractivity contribution in [3.05, 3.63) is 47.0 Å². The molecule has 0 aliphatic heterocycles. The lowest BCUT2D eigenvalue weighted by molar-refractivity contribution is -0.147. The van der Waals surface area contributed by atoms with Gasteiger partial charge in [-0.15, -0.1) is 0 Å². The predicted molar refractivity (Wildman–Crippen MR) is 95.1 cm³/mol. The molecular weight excluding hydrogens is 284 g/mol. The van der Waals surface area contributed by atoms with Crippen LogP contribution in [0.15, 0.2) is 35.9 Å². The number of carbonyl (C=O) groups excluding carboxylic acids is 1. The highest BCUT2D eigenvalue weighted by Crippen LogP contribution is 2.59. The van der Waals surface area contributed by atoms with E-state index >= 15 is 0 Å². The minimum atomic E-state index is -0.0719. The Bertz CT molecular complexity index is 596. The van der Waals surface area contributed by atoms with E-state index in [-0.39, 0.29) is 22.7 Å². The fraction of sp³-hybridized carbons (Fsp3) is 0.571. The van der Waals surface area contributed by atoms with Crippen LogP contribution < -0.4 is 0 Å². The Morgan fingerprint density at radius 2 is 1.74 bits per heavy atom. The Hall–Kier alpha value is -1.57. The zero-order chi connectivity index (χ0) is 17.4. The van der Waals surface area contributed by atoms with E-state index in [1.54, 1.807) is 0 Å². The summed E-state index contributed by atoms with van der Waals surface area (Å²) in [7, 11) is 0. The number of carbonyl (C=O) groups is 1. The first kappa shape index (κ1) is 17.8. The summed E-state index contributed by atoms with van der Waals surface area (Å²) < 4.78 is 5.56. The van der Waals surface area contributed by atoms with Crippen LogP contribution in [0.1, 0.15) is 59.6 Å². The lowest BCUT2D eigenvalue weighted by atomic mass is 9.87. The van der Waals surface area contributed by atoms with Crippen LogP contribution in [0.2, 0.25) is 0 Å². The molecule has 0 amide bonds. The molecule has 0 heterocycles. The van der Waals surface area contributed by atoms with Crippen molar-refractivity contribution in [2.24, 2.45) is 17.3 Å². The third-order valence-electron chi connectivity index (χ3n) is 4.88. The normalized spacial score (nSPS) is 22.4. The second kappa shape index (κ2) is 6.14. The van der Waals surface area contributed by atoms with Gasteiger partial charge in [-0.05, 0) is 41.7 Å². The summed E-state index contributed by atoms with van der Waals surface area (Å²) in [5.74, 6) is 0.229. The second-order valence-corrected chi connectivity index (χ2v) is 8.62. The second-order valence-electron chi connectivity index (χ2n) is 8.62. The molecule has 23 heavy (non-hydrogen) atoms. The van der Waals surface area contributed by atoms with Crippen molar-refractivity contribution in [1.82, 2.24) is 0 Å². The molecule has 1 saturated carbocycles. The molecule has 0 N–H and O–H groups in total. The lowest BCUT2D eigenvalue weighted by Gasteiger charge is -2.19. The average Bonchev–Trinajstić information content (AvgIpc) is 2.96. The number of hydrogen-bond acceptors (Lipinski definition) is 2. The standard InChI is InChI=1S/C21H30O2/c1-14(2)12-17-18(21(17,6)7)19(22)23-13-15-8-10-16(11-9-15)20(3,4)5/h8-12,17-18H,13H2,1-7H3/t17?,18-/m0/s1. The van der Waals surface area contributed by atoms with Gasteiger partial charge in [0.25, 0.3) is 0 Å². The number of rotatable bonds is 4. The number of ether oxygens (including phenoxy) is 1. The van der Waals surface area contributed by atoms with E-state index in [0.29, 0.717) is 12.5 Å². The molecule has 1 aliphatic carbocycles. The fourth-order valence-corrected chi connectivity index (χ4v) is 3.14. The van der Waals surface area contributed by atoms with E-state index in [2.05, 4.69) is 78.8 Å². The van der Waals surface area contributed by atoms with Gasteiger partial charge >= 0.3 is 5.97 Å². The van der Waals surface area contributed by atoms with E-state index in [4.69, 9.17) is 4.74 Å². The van der Waals surface area contributed by atoms with Crippen LogP contribution in [-0.4, -0.2) is 5.97 Å². The fourth-order valence-electron chi connectivity index (χ4n) is 3.14. The minimum Gasteiger partial charge on any atom is -0.461 e. The molecule has 1 aromatic rings. The van der Waals surface area contributed by atoms with Crippen LogP contribution in [0, 0.1) is 17.3 Å². The molecule has 0 saturated heterocycles. The smallest absolute Gasteiger partial charge is 0.310 e. The summed E-state index contributed by atoms with van der Waals surface area (Å²) in [6, 6.07) is 8.35. The van der Waals surface area contributed by atoms with Crippen LogP contribution in [0.3, 0.4) is 0 Å². The molecule has 2 nitrogen and oxygen atoms in total. The first-order valence-electron chi connectivity index (χ1n) is 8.44. The molecule has 0 spiro atoms. The first-order chi connectivity index (χ1) is 10.5. The van der Waals surface area contributed by atoms with Crippen LogP contribution in [-0.2, 0) is 21.6 Å². The van der Waals surface area contributed by atoms with Crippen LogP contribution >= 0.6 is 0 Å². The Morgan fingerprint density at radius 1 is 1.17 bits per heavy atom. The lowest BCUT2D eigenvalue weighted by Crippen LogP contribution is -2.12. The van der Waals surface area contributed by atoms with Gasteiger partial charge in [-0.25, -0.2) is 0 Å². The molecular formula is C21H30O2. The summed E-state index contributed by atoms with van der Waals surface area (Å²) in [4.78, 5) is 12.4. The van der Waals surface area contributed by atoms with E-state index in [0.717, 1.165) is 5.56 Å². The average molecular weight is 314 g/mol. The van der Waals surface area contributed by atoms with Crippen molar-refractivity contribution in [2.45, 2.75) is 60.5 Å². The van der Waals surface area contributed by atoms with E-state index in [9.17, 15) is 4.79 Å². The number of hydrogen-bond donors (Lipinski definition) is 0.